The Morgan fingerprint density at radius 3 is 2.57 bits per heavy atom. The lowest BCUT2D eigenvalue weighted by molar-refractivity contribution is -0.117. The maximum atomic E-state index is 12.2. The molecule has 0 bridgehead atoms. The van der Waals surface area contributed by atoms with Crippen molar-refractivity contribution < 1.29 is 9.59 Å². The second-order valence-corrected chi connectivity index (χ2v) is 5.12. The number of ketones is 1. The molecule has 0 aliphatic carbocycles. The van der Waals surface area contributed by atoms with Gasteiger partial charge in [0.2, 0.25) is 5.91 Å². The zero-order valence-electron chi connectivity index (χ0n) is 11.6. The first-order valence-electron chi connectivity index (χ1n) is 6.92. The topological polar surface area (TPSA) is 49.4 Å². The van der Waals surface area contributed by atoms with Crippen LogP contribution in [0.25, 0.3) is 0 Å². The van der Waals surface area contributed by atoms with E-state index in [2.05, 4.69) is 5.32 Å². The number of nitrogens with zero attached hydrogens (tertiary/aromatic N) is 1. The molecule has 0 aromatic heterocycles. The Kier molecular flexibility index (Phi) is 3.69. The molecule has 21 heavy (non-hydrogen) atoms. The van der Waals surface area contributed by atoms with E-state index in [0.717, 1.165) is 16.9 Å². The summed E-state index contributed by atoms with van der Waals surface area (Å²) in [6.45, 7) is 0.469. The number of anilines is 2. The van der Waals surface area contributed by atoms with Crippen LogP contribution in [0.5, 0.6) is 0 Å². The number of carbonyl (C=O) groups excluding carboxylic acids is 2. The number of benzene rings is 2. The van der Waals surface area contributed by atoms with Crippen LogP contribution in [0.1, 0.15) is 5.56 Å². The van der Waals surface area contributed by atoms with Crippen molar-refractivity contribution in [2.24, 2.45) is 0 Å². The standard InChI is InChI=1S/C17H16N2O2/c20-14(10-13-6-2-1-3-7-13)11-19-12-17(21)18-15-8-4-5-9-16(15)19/h1-9H,10-12H2,(H,18,21). The number of Topliss-reactive ketones (excluding diaryl/α,β-unsaturated/α-hetero) is 1. The van der Waals surface area contributed by atoms with Gasteiger partial charge in [-0.25, -0.2) is 0 Å². The van der Waals surface area contributed by atoms with Gasteiger partial charge in [-0.05, 0) is 17.7 Å². The summed E-state index contributed by atoms with van der Waals surface area (Å²) < 4.78 is 0. The highest BCUT2D eigenvalue weighted by Gasteiger charge is 2.23. The maximum absolute atomic E-state index is 12.2. The minimum atomic E-state index is -0.0822. The van der Waals surface area contributed by atoms with E-state index in [4.69, 9.17) is 0 Å². The fraction of sp³-hybridized carbons (Fsp3) is 0.176. The fourth-order valence-electron chi connectivity index (χ4n) is 2.54. The third-order valence-electron chi connectivity index (χ3n) is 3.46. The van der Waals surface area contributed by atoms with Crippen LogP contribution in [0.4, 0.5) is 11.4 Å². The molecule has 1 aliphatic rings. The highest BCUT2D eigenvalue weighted by atomic mass is 16.2. The van der Waals surface area contributed by atoms with Crippen LogP contribution < -0.4 is 10.2 Å². The SMILES string of the molecule is O=C(Cc1ccccc1)CN1CC(=O)Nc2ccccc21. The van der Waals surface area contributed by atoms with Gasteiger partial charge in [-0.1, -0.05) is 42.5 Å². The zero-order chi connectivity index (χ0) is 14.7. The quantitative estimate of drug-likeness (QED) is 0.934. The van der Waals surface area contributed by atoms with Crippen LogP contribution in [0.2, 0.25) is 0 Å². The average molecular weight is 280 g/mol. The number of hydrogen-bond acceptors (Lipinski definition) is 3. The van der Waals surface area contributed by atoms with E-state index in [1.165, 1.54) is 0 Å². The number of nitrogens with one attached hydrogen (secondary N) is 1. The minimum absolute atomic E-state index is 0.0822. The highest BCUT2D eigenvalue weighted by Crippen LogP contribution is 2.28. The van der Waals surface area contributed by atoms with Crippen LogP contribution >= 0.6 is 0 Å². The Morgan fingerprint density at radius 1 is 1.05 bits per heavy atom. The third-order valence-corrected chi connectivity index (χ3v) is 3.46. The Bertz CT molecular complexity index is 668. The van der Waals surface area contributed by atoms with Crippen molar-refractivity contribution >= 4 is 23.1 Å². The molecule has 2 aromatic carbocycles. The van der Waals surface area contributed by atoms with Crippen molar-refractivity contribution in [3.8, 4) is 0 Å². The summed E-state index contributed by atoms with van der Waals surface area (Å²) in [6.07, 6.45) is 0.390. The molecule has 0 unspecified atom stereocenters. The molecule has 0 fully saturated rings. The summed E-state index contributed by atoms with van der Waals surface area (Å²) in [5, 5.41) is 2.82. The van der Waals surface area contributed by atoms with E-state index in [9.17, 15) is 9.59 Å². The van der Waals surface area contributed by atoms with Gasteiger partial charge in [0.25, 0.3) is 0 Å². The molecular weight excluding hydrogens is 264 g/mol. The van der Waals surface area contributed by atoms with Crippen molar-refractivity contribution in [1.29, 1.82) is 0 Å². The number of fused-ring (bicyclic) bond motifs is 1. The Hall–Kier alpha value is -2.62. The predicted molar refractivity (Wildman–Crippen MR) is 82.4 cm³/mol. The molecule has 4 heteroatoms. The lowest BCUT2D eigenvalue weighted by Gasteiger charge is -2.30. The van der Waals surface area contributed by atoms with Crippen LogP contribution in [0, 0.1) is 0 Å². The van der Waals surface area contributed by atoms with Crippen LogP contribution in [0.15, 0.2) is 54.6 Å². The van der Waals surface area contributed by atoms with Gasteiger partial charge in [-0.15, -0.1) is 0 Å². The molecule has 0 saturated carbocycles. The van der Waals surface area contributed by atoms with E-state index in [1.54, 1.807) is 0 Å². The molecule has 0 radical (unpaired) electrons. The fourth-order valence-corrected chi connectivity index (χ4v) is 2.54. The summed E-state index contributed by atoms with van der Waals surface area (Å²) >= 11 is 0. The van der Waals surface area contributed by atoms with Gasteiger partial charge >= 0.3 is 0 Å². The number of rotatable bonds is 4. The molecule has 0 saturated heterocycles. The number of amides is 1. The number of hydrogen-bond donors (Lipinski definition) is 1. The van der Waals surface area contributed by atoms with E-state index < -0.39 is 0 Å². The van der Waals surface area contributed by atoms with Crippen molar-refractivity contribution in [2.75, 3.05) is 23.3 Å². The van der Waals surface area contributed by atoms with E-state index >= 15 is 0 Å². The molecule has 1 aliphatic heterocycles. The first-order valence-corrected chi connectivity index (χ1v) is 6.92. The largest absolute Gasteiger partial charge is 0.353 e. The van der Waals surface area contributed by atoms with Crippen LogP contribution in [0.3, 0.4) is 0 Å². The van der Waals surface area contributed by atoms with Gasteiger partial charge in [0.15, 0.2) is 5.78 Å². The molecule has 1 amide bonds. The highest BCUT2D eigenvalue weighted by molar-refractivity contribution is 6.02. The molecule has 3 rings (SSSR count). The predicted octanol–water partition coefficient (Wildman–Crippen LogP) is 2.26. The van der Waals surface area contributed by atoms with Crippen molar-refractivity contribution in [2.45, 2.75) is 6.42 Å². The average Bonchev–Trinajstić information content (AvgIpc) is 2.48. The van der Waals surface area contributed by atoms with Gasteiger partial charge in [-0.2, -0.15) is 0 Å². The van der Waals surface area contributed by atoms with Gasteiger partial charge in [0.1, 0.15) is 0 Å². The summed E-state index contributed by atoms with van der Waals surface area (Å²) in [6, 6.07) is 17.2. The van der Waals surface area contributed by atoms with E-state index in [1.807, 2.05) is 59.5 Å². The van der Waals surface area contributed by atoms with E-state index in [-0.39, 0.29) is 24.8 Å². The smallest absolute Gasteiger partial charge is 0.243 e. The van der Waals surface area contributed by atoms with E-state index in [0.29, 0.717) is 6.42 Å². The molecule has 0 atom stereocenters. The zero-order valence-corrected chi connectivity index (χ0v) is 11.6. The van der Waals surface area contributed by atoms with Crippen molar-refractivity contribution in [3.05, 3.63) is 60.2 Å². The molecule has 106 valence electrons. The lowest BCUT2D eigenvalue weighted by Crippen LogP contribution is -2.41. The van der Waals surface area contributed by atoms with Crippen LogP contribution in [-0.4, -0.2) is 24.8 Å². The molecule has 0 spiro atoms. The number of para-hydroxylation sites is 2. The Labute approximate surface area is 123 Å². The number of carbonyl (C=O) groups is 2. The maximum Gasteiger partial charge on any atom is 0.243 e. The third kappa shape index (κ3) is 3.11. The van der Waals surface area contributed by atoms with Gasteiger partial charge in [-0.3, -0.25) is 9.59 Å². The van der Waals surface area contributed by atoms with Crippen molar-refractivity contribution in [3.63, 3.8) is 0 Å². The second kappa shape index (κ2) is 5.79. The summed E-state index contributed by atoms with van der Waals surface area (Å²) in [5.74, 6) is 0.0203. The van der Waals surface area contributed by atoms with Gasteiger partial charge in [0.05, 0.1) is 24.5 Å². The van der Waals surface area contributed by atoms with Gasteiger partial charge < -0.3 is 10.2 Å². The first-order chi connectivity index (χ1) is 10.2. The van der Waals surface area contributed by atoms with Crippen LogP contribution in [-0.2, 0) is 16.0 Å². The molecule has 4 nitrogen and oxygen atoms in total. The molecule has 2 aromatic rings. The molecular formula is C17H16N2O2. The summed E-state index contributed by atoms with van der Waals surface area (Å²) in [7, 11) is 0. The van der Waals surface area contributed by atoms with Gasteiger partial charge in [0, 0.05) is 6.42 Å². The first kappa shape index (κ1) is 13.4. The lowest BCUT2D eigenvalue weighted by atomic mass is 10.1. The summed E-state index contributed by atoms with van der Waals surface area (Å²) in [5.41, 5.74) is 2.66. The minimum Gasteiger partial charge on any atom is -0.353 e. The second-order valence-electron chi connectivity index (χ2n) is 5.12. The summed E-state index contributed by atoms with van der Waals surface area (Å²) in [4.78, 5) is 25.8. The Balaban J connectivity index is 1.73. The molecule has 1 N–H and O–H groups in total. The van der Waals surface area contributed by atoms with Crippen molar-refractivity contribution in [1.82, 2.24) is 0 Å². The molecule has 1 heterocycles. The normalized spacial score (nSPS) is 13.5. The monoisotopic (exact) mass is 280 g/mol. The Morgan fingerprint density at radius 2 is 1.76 bits per heavy atom.